The summed E-state index contributed by atoms with van der Waals surface area (Å²) in [6.45, 7) is 13.0. The normalized spacial score (nSPS) is 20.2. The Morgan fingerprint density at radius 2 is 1.39 bits per heavy atom. The molecule has 0 amide bonds. The lowest BCUT2D eigenvalue weighted by atomic mass is 10.3. The highest BCUT2D eigenvalue weighted by atomic mass is 33.1. The summed E-state index contributed by atoms with van der Waals surface area (Å²) >= 11 is 4.44. The molecule has 5 heteroatoms. The maximum absolute atomic E-state index is 6.40. The van der Waals surface area contributed by atoms with Crippen LogP contribution in [0.15, 0.2) is 0 Å². The van der Waals surface area contributed by atoms with E-state index in [9.17, 15) is 0 Å². The summed E-state index contributed by atoms with van der Waals surface area (Å²) < 4.78 is 12.8. The molecule has 0 spiro atoms. The third kappa shape index (κ3) is 5.45. The SMILES string of the molecule is CCC(C)O[Si](CC)(OC(C)CC)C(CC)SS. The summed E-state index contributed by atoms with van der Waals surface area (Å²) in [5.41, 5.74) is 0. The van der Waals surface area contributed by atoms with Gasteiger partial charge in [-0.2, -0.15) is 0 Å². The summed E-state index contributed by atoms with van der Waals surface area (Å²) in [5, 5.41) is 0. The Bertz CT molecular complexity index is 201. The minimum Gasteiger partial charge on any atom is -0.391 e. The first-order chi connectivity index (χ1) is 8.49. The van der Waals surface area contributed by atoms with Gasteiger partial charge in [-0.1, -0.05) is 38.5 Å². The van der Waals surface area contributed by atoms with E-state index in [1.807, 2.05) is 0 Å². The largest absolute Gasteiger partial charge is 0.391 e. The number of hydrogen-bond donors (Lipinski definition) is 1. The molecule has 0 saturated carbocycles. The summed E-state index contributed by atoms with van der Waals surface area (Å²) in [7, 11) is -0.568. The number of thiol groups is 1. The van der Waals surface area contributed by atoms with E-state index in [0.29, 0.717) is 4.87 Å². The monoisotopic (exact) mass is 310 g/mol. The van der Waals surface area contributed by atoms with Crippen LogP contribution in [0.1, 0.15) is 60.8 Å². The van der Waals surface area contributed by atoms with Crippen molar-refractivity contribution in [2.45, 2.75) is 83.9 Å². The molecule has 110 valence electrons. The van der Waals surface area contributed by atoms with E-state index in [-0.39, 0.29) is 12.2 Å². The summed E-state index contributed by atoms with van der Waals surface area (Å²) in [6.07, 6.45) is 3.67. The zero-order chi connectivity index (χ0) is 14.2. The smallest absolute Gasteiger partial charge is 0.352 e. The van der Waals surface area contributed by atoms with E-state index in [2.05, 4.69) is 53.2 Å². The van der Waals surface area contributed by atoms with Crippen LogP contribution in [0.3, 0.4) is 0 Å². The van der Waals surface area contributed by atoms with Gasteiger partial charge in [0.25, 0.3) is 0 Å². The van der Waals surface area contributed by atoms with E-state index < -0.39 is 8.56 Å². The Balaban J connectivity index is 5.04. The van der Waals surface area contributed by atoms with E-state index in [1.165, 1.54) is 0 Å². The minimum atomic E-state index is -2.18. The lowest BCUT2D eigenvalue weighted by Gasteiger charge is -2.39. The van der Waals surface area contributed by atoms with E-state index >= 15 is 0 Å². The fourth-order valence-electron chi connectivity index (χ4n) is 1.89. The van der Waals surface area contributed by atoms with Crippen molar-refractivity contribution in [1.29, 1.82) is 0 Å². The molecule has 0 aliphatic carbocycles. The highest BCUT2D eigenvalue weighted by Crippen LogP contribution is 2.34. The van der Waals surface area contributed by atoms with Crippen LogP contribution >= 0.6 is 22.5 Å². The molecule has 0 aromatic rings. The molecule has 0 fully saturated rings. The molecule has 0 heterocycles. The van der Waals surface area contributed by atoms with Gasteiger partial charge in [0.2, 0.25) is 0 Å². The number of rotatable bonds is 10. The first-order valence-electron chi connectivity index (χ1n) is 7.15. The van der Waals surface area contributed by atoms with Gasteiger partial charge in [0.15, 0.2) is 0 Å². The van der Waals surface area contributed by atoms with Gasteiger partial charge in [-0.3, -0.25) is 0 Å². The fourth-order valence-corrected chi connectivity index (χ4v) is 8.87. The molecular weight excluding hydrogens is 280 g/mol. The molecule has 0 aliphatic heterocycles. The molecule has 0 aromatic heterocycles. The van der Waals surface area contributed by atoms with Crippen LogP contribution in [-0.4, -0.2) is 25.6 Å². The lowest BCUT2D eigenvalue weighted by Crippen LogP contribution is -2.54. The van der Waals surface area contributed by atoms with Gasteiger partial charge in [0, 0.05) is 12.2 Å². The van der Waals surface area contributed by atoms with Crippen LogP contribution in [0.25, 0.3) is 0 Å². The zero-order valence-electron chi connectivity index (χ0n) is 12.7. The zero-order valence-corrected chi connectivity index (χ0v) is 15.4. The average Bonchev–Trinajstić information content (AvgIpc) is 2.39. The predicted molar refractivity (Wildman–Crippen MR) is 88.6 cm³/mol. The second kappa shape index (κ2) is 9.70. The molecule has 3 atom stereocenters. The predicted octanol–water partition coefficient (Wildman–Crippen LogP) is 4.97. The topological polar surface area (TPSA) is 18.5 Å². The average molecular weight is 311 g/mol. The highest BCUT2D eigenvalue weighted by molar-refractivity contribution is 8.69. The van der Waals surface area contributed by atoms with Crippen LogP contribution in [0.5, 0.6) is 0 Å². The second-order valence-electron chi connectivity index (χ2n) is 4.84. The van der Waals surface area contributed by atoms with Crippen LogP contribution in [0, 0.1) is 0 Å². The lowest BCUT2D eigenvalue weighted by molar-refractivity contribution is 0.0859. The van der Waals surface area contributed by atoms with Crippen LogP contribution in [0.4, 0.5) is 0 Å². The molecule has 0 N–H and O–H groups in total. The standard InChI is InChI=1S/C13H30O2S2Si/c1-7-11(5)14-18(10-4,13(9-3)17-16)15-12(6)8-2/h11-13,16H,7-10H2,1-6H3. The first kappa shape index (κ1) is 18.8. The van der Waals surface area contributed by atoms with Crippen LogP contribution in [0.2, 0.25) is 6.04 Å². The van der Waals surface area contributed by atoms with Crippen molar-refractivity contribution >= 4 is 31.0 Å². The molecule has 0 radical (unpaired) electrons. The first-order valence-corrected chi connectivity index (χ1v) is 11.2. The van der Waals surface area contributed by atoms with Gasteiger partial charge >= 0.3 is 8.56 Å². The minimum absolute atomic E-state index is 0.273. The van der Waals surface area contributed by atoms with Gasteiger partial charge in [-0.05, 0) is 39.2 Å². The highest BCUT2D eigenvalue weighted by Gasteiger charge is 2.45. The Hall–Kier alpha value is 0.837. The van der Waals surface area contributed by atoms with Crippen molar-refractivity contribution in [3.05, 3.63) is 0 Å². The fraction of sp³-hybridized carbons (Fsp3) is 1.00. The quantitative estimate of drug-likeness (QED) is 0.349. The van der Waals surface area contributed by atoms with Gasteiger partial charge in [0.1, 0.15) is 0 Å². The number of hydrogen-bond acceptors (Lipinski definition) is 4. The van der Waals surface area contributed by atoms with Gasteiger partial charge in [-0.15, -0.1) is 11.7 Å². The van der Waals surface area contributed by atoms with Crippen molar-refractivity contribution in [3.8, 4) is 0 Å². The van der Waals surface area contributed by atoms with Crippen molar-refractivity contribution < 1.29 is 8.85 Å². The Morgan fingerprint density at radius 3 is 1.61 bits per heavy atom. The summed E-state index contributed by atoms with van der Waals surface area (Å²) in [6, 6.07) is 0.994. The molecule has 3 unspecified atom stereocenters. The summed E-state index contributed by atoms with van der Waals surface area (Å²) in [5.74, 6) is 0. The van der Waals surface area contributed by atoms with Crippen LogP contribution in [-0.2, 0) is 8.85 Å². The molecule has 0 rings (SSSR count). The summed E-state index contributed by atoms with van der Waals surface area (Å²) in [4.78, 5) is 0.397. The molecule has 18 heavy (non-hydrogen) atoms. The maximum Gasteiger partial charge on any atom is 0.352 e. The Morgan fingerprint density at radius 1 is 0.944 bits per heavy atom. The third-order valence-electron chi connectivity index (χ3n) is 3.43. The molecule has 0 saturated heterocycles. The van der Waals surface area contributed by atoms with E-state index in [4.69, 9.17) is 8.85 Å². The van der Waals surface area contributed by atoms with Crippen LogP contribution < -0.4 is 0 Å². The Labute approximate surface area is 124 Å². The van der Waals surface area contributed by atoms with Crippen molar-refractivity contribution in [3.63, 3.8) is 0 Å². The van der Waals surface area contributed by atoms with Crippen molar-refractivity contribution in [2.75, 3.05) is 0 Å². The molecule has 0 aliphatic rings. The van der Waals surface area contributed by atoms with Crippen molar-refractivity contribution in [1.82, 2.24) is 0 Å². The van der Waals surface area contributed by atoms with E-state index in [0.717, 1.165) is 25.3 Å². The molecule has 2 nitrogen and oxygen atoms in total. The molecule has 0 aromatic carbocycles. The van der Waals surface area contributed by atoms with E-state index in [1.54, 1.807) is 10.8 Å². The second-order valence-corrected chi connectivity index (χ2v) is 10.2. The molecule has 0 bridgehead atoms. The van der Waals surface area contributed by atoms with Gasteiger partial charge in [-0.25, -0.2) is 0 Å². The van der Waals surface area contributed by atoms with Gasteiger partial charge < -0.3 is 8.85 Å². The Kier molecular flexibility index (Phi) is 10.1. The maximum atomic E-state index is 6.40. The molecular formula is C13H30O2S2Si. The van der Waals surface area contributed by atoms with Gasteiger partial charge in [0.05, 0.1) is 4.87 Å². The third-order valence-corrected chi connectivity index (χ3v) is 10.8. The van der Waals surface area contributed by atoms with Crippen molar-refractivity contribution in [2.24, 2.45) is 0 Å².